The molecule has 0 atom stereocenters. The van der Waals surface area contributed by atoms with Crippen LogP contribution in [-0.2, 0) is 5.75 Å². The summed E-state index contributed by atoms with van der Waals surface area (Å²) < 4.78 is 2.27. The van der Waals surface area contributed by atoms with Crippen molar-refractivity contribution in [3.63, 3.8) is 0 Å². The van der Waals surface area contributed by atoms with Crippen molar-refractivity contribution in [2.24, 2.45) is 11.0 Å². The maximum Gasteiger partial charge on any atom is 0.271 e. The highest BCUT2D eigenvalue weighted by Crippen LogP contribution is 2.31. The van der Waals surface area contributed by atoms with Gasteiger partial charge in [-0.2, -0.15) is 5.10 Å². The first-order valence-corrected chi connectivity index (χ1v) is 10.9. The molecule has 2 aromatic carbocycles. The number of thiazole rings is 1. The molecule has 0 spiro atoms. The minimum atomic E-state index is -0.178. The number of carbonyl (C=O) groups excluding carboxylic acids is 1. The average molecular weight is 398 g/mol. The summed E-state index contributed by atoms with van der Waals surface area (Å²) in [7, 11) is 0. The number of hydrogen-bond acceptors (Lipinski definition) is 5. The summed E-state index contributed by atoms with van der Waals surface area (Å²) in [6, 6.07) is 15.8. The van der Waals surface area contributed by atoms with Gasteiger partial charge >= 0.3 is 0 Å². The van der Waals surface area contributed by atoms with Crippen LogP contribution in [0.15, 0.2) is 58.0 Å². The number of rotatable bonds is 8. The van der Waals surface area contributed by atoms with Crippen LogP contribution in [0.1, 0.15) is 42.6 Å². The number of fused-ring (bicyclic) bond motifs is 1. The molecule has 140 valence electrons. The number of nitrogens with one attached hydrogen (secondary N) is 1. The summed E-state index contributed by atoms with van der Waals surface area (Å²) in [5.74, 6) is 1.06. The van der Waals surface area contributed by atoms with Crippen molar-refractivity contribution in [1.82, 2.24) is 10.4 Å². The van der Waals surface area contributed by atoms with Gasteiger partial charge in [0.05, 0.1) is 10.2 Å². The summed E-state index contributed by atoms with van der Waals surface area (Å²) >= 11 is 3.43. The molecule has 1 amide bonds. The molecule has 0 aliphatic heterocycles. The van der Waals surface area contributed by atoms with Crippen LogP contribution in [-0.4, -0.2) is 17.1 Å². The second kappa shape index (κ2) is 9.67. The van der Waals surface area contributed by atoms with Crippen LogP contribution in [0.5, 0.6) is 0 Å². The van der Waals surface area contributed by atoms with E-state index >= 15 is 0 Å². The Morgan fingerprint density at radius 3 is 2.63 bits per heavy atom. The second-order valence-electron chi connectivity index (χ2n) is 6.23. The van der Waals surface area contributed by atoms with Gasteiger partial charge in [-0.15, -0.1) is 11.3 Å². The van der Waals surface area contributed by atoms with Gasteiger partial charge in [-0.1, -0.05) is 49.9 Å². The van der Waals surface area contributed by atoms with Gasteiger partial charge in [0.25, 0.3) is 5.91 Å². The highest BCUT2D eigenvalue weighted by atomic mass is 32.2. The van der Waals surface area contributed by atoms with E-state index in [4.69, 9.17) is 0 Å². The molecule has 0 aliphatic rings. The Hall–Kier alpha value is -2.18. The van der Waals surface area contributed by atoms with Crippen LogP contribution < -0.4 is 5.43 Å². The smallest absolute Gasteiger partial charge is 0.267 e. The topological polar surface area (TPSA) is 54.4 Å². The fourth-order valence-corrected chi connectivity index (χ4v) is 4.60. The third kappa shape index (κ3) is 5.40. The minimum absolute atomic E-state index is 0.178. The van der Waals surface area contributed by atoms with Gasteiger partial charge in [-0.25, -0.2) is 10.4 Å². The van der Waals surface area contributed by atoms with Gasteiger partial charge in [0.1, 0.15) is 0 Å². The molecule has 3 aromatic rings. The molecule has 1 heterocycles. The summed E-state index contributed by atoms with van der Waals surface area (Å²) in [5.41, 5.74) is 5.43. The Balaban J connectivity index is 1.54. The highest BCUT2D eigenvalue weighted by Gasteiger charge is 2.07. The second-order valence-corrected chi connectivity index (χ2v) is 8.48. The predicted molar refractivity (Wildman–Crippen MR) is 116 cm³/mol. The Labute approximate surface area is 168 Å². The highest BCUT2D eigenvalue weighted by molar-refractivity contribution is 8.00. The van der Waals surface area contributed by atoms with Gasteiger partial charge in [-0.3, -0.25) is 4.79 Å². The molecular formula is C21H23N3OS2. The number of hydrazone groups is 1. The zero-order valence-corrected chi connectivity index (χ0v) is 17.1. The predicted octanol–water partition coefficient (Wildman–Crippen LogP) is 5.74. The van der Waals surface area contributed by atoms with E-state index < -0.39 is 0 Å². The molecule has 0 fully saturated rings. The lowest BCUT2D eigenvalue weighted by Crippen LogP contribution is -2.18. The number of amides is 1. The summed E-state index contributed by atoms with van der Waals surface area (Å²) in [5, 5.41) is 4.07. The van der Waals surface area contributed by atoms with Gasteiger partial charge in [0.15, 0.2) is 4.34 Å². The zero-order valence-electron chi connectivity index (χ0n) is 15.5. The first-order valence-electron chi connectivity index (χ1n) is 9.10. The normalized spacial score (nSPS) is 11.5. The molecule has 0 aliphatic carbocycles. The average Bonchev–Trinajstić information content (AvgIpc) is 3.13. The van der Waals surface area contributed by atoms with E-state index in [1.165, 1.54) is 4.70 Å². The van der Waals surface area contributed by atoms with Crippen molar-refractivity contribution in [1.29, 1.82) is 0 Å². The lowest BCUT2D eigenvalue weighted by molar-refractivity contribution is 0.0955. The van der Waals surface area contributed by atoms with E-state index in [0.29, 0.717) is 11.5 Å². The Morgan fingerprint density at radius 1 is 1.19 bits per heavy atom. The lowest BCUT2D eigenvalue weighted by atomic mass is 10.1. The number of nitrogens with zero attached hydrogens (tertiary/aromatic N) is 2. The van der Waals surface area contributed by atoms with Gasteiger partial charge in [0.2, 0.25) is 0 Å². The summed E-state index contributed by atoms with van der Waals surface area (Å²) in [6.07, 6.45) is 3.87. The first-order chi connectivity index (χ1) is 13.2. The SMILES string of the molecule is CCC(/C=N\NC(=O)c1ccc(CSc2nc3ccccc3s2)cc1)CC. The molecule has 0 unspecified atom stereocenters. The van der Waals surface area contributed by atoms with Crippen molar-refractivity contribution in [2.75, 3.05) is 0 Å². The van der Waals surface area contributed by atoms with E-state index in [9.17, 15) is 4.79 Å². The number of hydrogen-bond donors (Lipinski definition) is 1. The van der Waals surface area contributed by atoms with E-state index in [1.54, 1.807) is 23.1 Å². The van der Waals surface area contributed by atoms with E-state index in [-0.39, 0.29) is 5.91 Å². The molecule has 0 radical (unpaired) electrons. The van der Waals surface area contributed by atoms with Crippen LogP contribution in [0, 0.1) is 5.92 Å². The van der Waals surface area contributed by atoms with E-state index in [1.807, 2.05) is 48.7 Å². The van der Waals surface area contributed by atoms with Crippen molar-refractivity contribution < 1.29 is 4.79 Å². The molecule has 1 aromatic heterocycles. The third-order valence-corrected chi connectivity index (χ3v) is 6.60. The Bertz CT molecular complexity index is 882. The van der Waals surface area contributed by atoms with Crippen molar-refractivity contribution in [2.45, 2.75) is 36.8 Å². The molecule has 0 bridgehead atoms. The fourth-order valence-electron chi connectivity index (χ4n) is 2.58. The van der Waals surface area contributed by atoms with Crippen molar-refractivity contribution in [3.05, 3.63) is 59.7 Å². The summed E-state index contributed by atoms with van der Waals surface area (Å²) in [6.45, 7) is 4.24. The van der Waals surface area contributed by atoms with Crippen LogP contribution in [0.25, 0.3) is 10.2 Å². The monoisotopic (exact) mass is 397 g/mol. The third-order valence-electron chi connectivity index (χ3n) is 4.35. The number of para-hydroxylation sites is 1. The Morgan fingerprint density at radius 2 is 1.93 bits per heavy atom. The van der Waals surface area contributed by atoms with Crippen molar-refractivity contribution >= 4 is 45.4 Å². The fraction of sp³-hybridized carbons (Fsp3) is 0.286. The molecule has 1 N–H and O–H groups in total. The largest absolute Gasteiger partial charge is 0.271 e. The zero-order chi connectivity index (χ0) is 19.1. The number of thioether (sulfide) groups is 1. The molecule has 3 rings (SSSR count). The van der Waals surface area contributed by atoms with Crippen LogP contribution in [0.3, 0.4) is 0 Å². The maximum atomic E-state index is 12.2. The molecule has 4 nitrogen and oxygen atoms in total. The maximum absolute atomic E-state index is 12.2. The first kappa shape index (κ1) is 19.6. The minimum Gasteiger partial charge on any atom is -0.267 e. The quantitative estimate of drug-likeness (QED) is 0.299. The number of carbonyl (C=O) groups is 1. The molecule has 0 saturated heterocycles. The van der Waals surface area contributed by atoms with Crippen LogP contribution >= 0.6 is 23.1 Å². The lowest BCUT2D eigenvalue weighted by Gasteiger charge is -2.05. The van der Waals surface area contributed by atoms with Gasteiger partial charge in [-0.05, 0) is 48.6 Å². The number of aromatic nitrogens is 1. The van der Waals surface area contributed by atoms with E-state index in [0.717, 1.165) is 34.0 Å². The van der Waals surface area contributed by atoms with Crippen LogP contribution in [0.4, 0.5) is 0 Å². The van der Waals surface area contributed by atoms with Crippen molar-refractivity contribution in [3.8, 4) is 0 Å². The van der Waals surface area contributed by atoms with Gasteiger partial charge < -0.3 is 0 Å². The van der Waals surface area contributed by atoms with Gasteiger partial charge in [0, 0.05) is 17.5 Å². The summed E-state index contributed by atoms with van der Waals surface area (Å²) in [4.78, 5) is 16.8. The molecular weight excluding hydrogens is 374 g/mol. The number of benzene rings is 2. The molecule has 0 saturated carbocycles. The van der Waals surface area contributed by atoms with E-state index in [2.05, 4.69) is 35.4 Å². The molecule has 27 heavy (non-hydrogen) atoms. The molecule has 6 heteroatoms. The standard InChI is InChI=1S/C21H23N3OS2/c1-3-15(4-2)13-22-24-20(25)17-11-9-16(10-12-17)14-26-21-23-18-7-5-6-8-19(18)27-21/h5-13,15H,3-4,14H2,1-2H3,(H,24,25)/b22-13-. The van der Waals surface area contributed by atoms with Crippen LogP contribution in [0.2, 0.25) is 0 Å². The Kier molecular flexibility index (Phi) is 7.01.